The second-order valence-corrected chi connectivity index (χ2v) is 7.58. The summed E-state index contributed by atoms with van der Waals surface area (Å²) in [6, 6.07) is 1.70. The number of piperazine rings is 2. The second-order valence-electron chi connectivity index (χ2n) is 7.58. The highest BCUT2D eigenvalue weighted by molar-refractivity contribution is 5.81. The van der Waals surface area contributed by atoms with E-state index in [0.29, 0.717) is 31.3 Å². The van der Waals surface area contributed by atoms with Crippen molar-refractivity contribution in [3.05, 3.63) is 30.2 Å². The van der Waals surface area contributed by atoms with Crippen LogP contribution >= 0.6 is 0 Å². The van der Waals surface area contributed by atoms with Crippen molar-refractivity contribution in [1.82, 2.24) is 34.8 Å². The Kier molecular flexibility index (Phi) is 6.00. The number of anilines is 1. The molecule has 0 N–H and O–H groups in total. The summed E-state index contributed by atoms with van der Waals surface area (Å²) in [6.07, 6.45) is 3.50. The molecule has 2 saturated heterocycles. The van der Waals surface area contributed by atoms with E-state index in [1.54, 1.807) is 12.4 Å². The van der Waals surface area contributed by atoms with Crippen LogP contribution in [0.1, 0.15) is 18.6 Å². The maximum Gasteiger partial charge on any atom is 0.240 e. The van der Waals surface area contributed by atoms with Gasteiger partial charge in [-0.2, -0.15) is 4.98 Å². The molecule has 1 atom stereocenters. The SMILES string of the molecule is Cc1noc(CN2CCN(C(C)C(=O)N3CCN(c4ncccn4)CC3)CC2)n1. The van der Waals surface area contributed by atoms with Gasteiger partial charge in [0.05, 0.1) is 12.6 Å². The highest BCUT2D eigenvalue weighted by Gasteiger charge is 2.31. The van der Waals surface area contributed by atoms with Crippen LogP contribution in [0, 0.1) is 6.92 Å². The monoisotopic (exact) mass is 400 g/mol. The summed E-state index contributed by atoms with van der Waals surface area (Å²) >= 11 is 0. The maximum atomic E-state index is 13.0. The van der Waals surface area contributed by atoms with E-state index >= 15 is 0 Å². The van der Waals surface area contributed by atoms with Gasteiger partial charge in [-0.15, -0.1) is 0 Å². The van der Waals surface area contributed by atoms with E-state index < -0.39 is 0 Å². The molecule has 0 spiro atoms. The van der Waals surface area contributed by atoms with E-state index in [1.165, 1.54) is 0 Å². The minimum Gasteiger partial charge on any atom is -0.338 e. The summed E-state index contributed by atoms with van der Waals surface area (Å²) < 4.78 is 5.21. The molecule has 0 aromatic carbocycles. The molecule has 10 heteroatoms. The minimum absolute atomic E-state index is 0.109. The van der Waals surface area contributed by atoms with E-state index in [0.717, 1.165) is 45.2 Å². The molecule has 2 aliphatic rings. The number of aryl methyl sites for hydroxylation is 1. The molecule has 1 amide bonds. The lowest BCUT2D eigenvalue weighted by Crippen LogP contribution is -2.57. The number of aromatic nitrogens is 4. The highest BCUT2D eigenvalue weighted by Crippen LogP contribution is 2.14. The number of rotatable bonds is 5. The topological polar surface area (TPSA) is 94.7 Å². The molecular formula is C19H28N8O2. The molecule has 10 nitrogen and oxygen atoms in total. The molecule has 29 heavy (non-hydrogen) atoms. The van der Waals surface area contributed by atoms with Crippen molar-refractivity contribution in [3.63, 3.8) is 0 Å². The van der Waals surface area contributed by atoms with Crippen molar-refractivity contribution in [1.29, 1.82) is 0 Å². The Balaban J connectivity index is 1.24. The van der Waals surface area contributed by atoms with Crippen LogP contribution in [0.2, 0.25) is 0 Å². The summed E-state index contributed by atoms with van der Waals surface area (Å²) in [7, 11) is 0. The lowest BCUT2D eigenvalue weighted by atomic mass is 10.2. The molecule has 0 saturated carbocycles. The normalized spacial score (nSPS) is 20.1. The summed E-state index contributed by atoms with van der Waals surface area (Å²) in [6.45, 7) is 10.9. The molecule has 0 radical (unpaired) electrons. The van der Waals surface area contributed by atoms with Crippen LogP contribution in [0.4, 0.5) is 5.95 Å². The van der Waals surface area contributed by atoms with Gasteiger partial charge in [0.1, 0.15) is 0 Å². The van der Waals surface area contributed by atoms with Gasteiger partial charge in [0.15, 0.2) is 5.82 Å². The van der Waals surface area contributed by atoms with Gasteiger partial charge in [-0.1, -0.05) is 5.16 Å². The number of carbonyl (C=O) groups is 1. The van der Waals surface area contributed by atoms with Crippen molar-refractivity contribution in [2.45, 2.75) is 26.4 Å². The molecule has 4 heterocycles. The van der Waals surface area contributed by atoms with Gasteiger partial charge in [0.25, 0.3) is 0 Å². The maximum absolute atomic E-state index is 13.0. The third-order valence-electron chi connectivity index (χ3n) is 5.67. The zero-order valence-electron chi connectivity index (χ0n) is 17.1. The van der Waals surface area contributed by atoms with Crippen molar-refractivity contribution in [2.24, 2.45) is 0 Å². The minimum atomic E-state index is -0.109. The Morgan fingerprint density at radius 2 is 1.76 bits per heavy atom. The highest BCUT2D eigenvalue weighted by atomic mass is 16.5. The average molecular weight is 400 g/mol. The van der Waals surface area contributed by atoms with E-state index in [4.69, 9.17) is 4.52 Å². The lowest BCUT2D eigenvalue weighted by molar-refractivity contribution is -0.137. The van der Waals surface area contributed by atoms with Crippen LogP contribution in [-0.4, -0.2) is 99.1 Å². The fraction of sp³-hybridized carbons (Fsp3) is 0.632. The third kappa shape index (κ3) is 4.70. The molecule has 2 aliphatic heterocycles. The number of hydrogen-bond acceptors (Lipinski definition) is 9. The Hall–Kier alpha value is -2.59. The van der Waals surface area contributed by atoms with E-state index in [-0.39, 0.29) is 11.9 Å². The summed E-state index contributed by atoms with van der Waals surface area (Å²) in [5, 5.41) is 3.84. The van der Waals surface area contributed by atoms with Crippen molar-refractivity contribution in [2.75, 3.05) is 57.3 Å². The molecule has 4 rings (SSSR count). The molecule has 0 aliphatic carbocycles. The predicted molar refractivity (Wildman–Crippen MR) is 106 cm³/mol. The summed E-state index contributed by atoms with van der Waals surface area (Å²) in [4.78, 5) is 34.5. The summed E-state index contributed by atoms with van der Waals surface area (Å²) in [5.74, 6) is 2.26. The fourth-order valence-corrected chi connectivity index (χ4v) is 3.91. The van der Waals surface area contributed by atoms with Crippen molar-refractivity contribution in [3.8, 4) is 0 Å². The van der Waals surface area contributed by atoms with Gasteiger partial charge in [-0.05, 0) is 19.9 Å². The molecule has 156 valence electrons. The van der Waals surface area contributed by atoms with Gasteiger partial charge in [0, 0.05) is 64.8 Å². The Bertz CT molecular complexity index is 798. The quantitative estimate of drug-likeness (QED) is 0.688. The van der Waals surface area contributed by atoms with Crippen LogP contribution in [0.25, 0.3) is 0 Å². The first-order chi connectivity index (χ1) is 14.1. The van der Waals surface area contributed by atoms with Gasteiger partial charge in [-0.3, -0.25) is 14.6 Å². The number of amides is 1. The summed E-state index contributed by atoms with van der Waals surface area (Å²) in [5.41, 5.74) is 0. The van der Waals surface area contributed by atoms with Gasteiger partial charge in [-0.25, -0.2) is 9.97 Å². The first-order valence-corrected chi connectivity index (χ1v) is 10.2. The number of hydrogen-bond donors (Lipinski definition) is 0. The molecular weight excluding hydrogens is 372 g/mol. The number of carbonyl (C=O) groups excluding carboxylic acids is 1. The third-order valence-corrected chi connectivity index (χ3v) is 5.67. The van der Waals surface area contributed by atoms with E-state index in [2.05, 4.69) is 34.8 Å². The predicted octanol–water partition coefficient (Wildman–Crippen LogP) is 0.0229. The number of nitrogens with zero attached hydrogens (tertiary/aromatic N) is 8. The van der Waals surface area contributed by atoms with Crippen LogP contribution in [0.3, 0.4) is 0 Å². The largest absolute Gasteiger partial charge is 0.338 e. The average Bonchev–Trinajstić information content (AvgIpc) is 3.18. The first kappa shape index (κ1) is 19.7. The molecule has 0 bridgehead atoms. The zero-order chi connectivity index (χ0) is 20.2. The van der Waals surface area contributed by atoms with Crippen LogP contribution in [-0.2, 0) is 11.3 Å². The van der Waals surface area contributed by atoms with Crippen molar-refractivity contribution >= 4 is 11.9 Å². The zero-order valence-corrected chi connectivity index (χ0v) is 17.1. The smallest absolute Gasteiger partial charge is 0.240 e. The van der Waals surface area contributed by atoms with Crippen molar-refractivity contribution < 1.29 is 9.32 Å². The van der Waals surface area contributed by atoms with Crippen LogP contribution in [0.15, 0.2) is 23.0 Å². The van der Waals surface area contributed by atoms with Crippen LogP contribution in [0.5, 0.6) is 0 Å². The van der Waals surface area contributed by atoms with Gasteiger partial charge >= 0.3 is 0 Å². The Morgan fingerprint density at radius 1 is 1.07 bits per heavy atom. The van der Waals surface area contributed by atoms with Gasteiger partial charge in [0.2, 0.25) is 17.7 Å². The lowest BCUT2D eigenvalue weighted by Gasteiger charge is -2.40. The molecule has 2 aromatic heterocycles. The molecule has 1 unspecified atom stereocenters. The standard InChI is InChI=1S/C19H28N8O2/c1-15(25-8-6-24(7-9-25)14-17-22-16(2)23-29-17)18(28)26-10-12-27(13-11-26)19-20-4-3-5-21-19/h3-5,15H,6-14H2,1-2H3. The Morgan fingerprint density at radius 3 is 2.38 bits per heavy atom. The fourth-order valence-electron chi connectivity index (χ4n) is 3.91. The molecule has 2 aromatic rings. The van der Waals surface area contributed by atoms with Gasteiger partial charge < -0.3 is 14.3 Å². The van der Waals surface area contributed by atoms with Crippen LogP contribution < -0.4 is 4.90 Å². The van der Waals surface area contributed by atoms with E-state index in [9.17, 15) is 4.79 Å². The Labute approximate surface area is 170 Å². The molecule has 2 fully saturated rings. The van der Waals surface area contributed by atoms with E-state index in [1.807, 2.05) is 24.8 Å². The second kappa shape index (κ2) is 8.83. The first-order valence-electron chi connectivity index (χ1n) is 10.2.